The average molecular weight is 319 g/mol. The SMILES string of the molecule is CNCC(=O)N1CCC(C(=O)NCc2ccc(OC)cc2)CC1. The second-order valence-electron chi connectivity index (χ2n) is 5.75. The van der Waals surface area contributed by atoms with E-state index in [9.17, 15) is 9.59 Å². The van der Waals surface area contributed by atoms with E-state index >= 15 is 0 Å². The predicted octanol–water partition coefficient (Wildman–Crippen LogP) is 0.769. The third-order valence-electron chi connectivity index (χ3n) is 4.17. The van der Waals surface area contributed by atoms with Crippen LogP contribution in [0.15, 0.2) is 24.3 Å². The third kappa shape index (κ3) is 4.96. The largest absolute Gasteiger partial charge is 0.497 e. The highest BCUT2D eigenvalue weighted by atomic mass is 16.5. The van der Waals surface area contributed by atoms with Crippen LogP contribution >= 0.6 is 0 Å². The van der Waals surface area contributed by atoms with Gasteiger partial charge in [0, 0.05) is 25.6 Å². The highest BCUT2D eigenvalue weighted by Gasteiger charge is 2.26. The molecule has 6 heteroatoms. The lowest BCUT2D eigenvalue weighted by Crippen LogP contribution is -2.45. The van der Waals surface area contributed by atoms with Crippen LogP contribution in [-0.4, -0.2) is 50.5 Å². The molecule has 2 amide bonds. The predicted molar refractivity (Wildman–Crippen MR) is 88.1 cm³/mol. The Kier molecular flexibility index (Phi) is 6.40. The summed E-state index contributed by atoms with van der Waals surface area (Å²) in [5.41, 5.74) is 1.04. The van der Waals surface area contributed by atoms with Crippen LogP contribution in [0.1, 0.15) is 18.4 Å². The summed E-state index contributed by atoms with van der Waals surface area (Å²) in [7, 11) is 3.39. The summed E-state index contributed by atoms with van der Waals surface area (Å²) < 4.78 is 5.11. The van der Waals surface area contributed by atoms with E-state index in [0.29, 0.717) is 26.2 Å². The molecule has 0 unspecified atom stereocenters. The zero-order valence-electron chi connectivity index (χ0n) is 13.8. The molecule has 2 N–H and O–H groups in total. The Balaban J connectivity index is 1.75. The summed E-state index contributed by atoms with van der Waals surface area (Å²) in [6.45, 7) is 2.18. The van der Waals surface area contributed by atoms with Gasteiger partial charge in [0.15, 0.2) is 0 Å². The van der Waals surface area contributed by atoms with Crippen molar-refractivity contribution in [1.29, 1.82) is 0 Å². The first-order chi connectivity index (χ1) is 11.1. The van der Waals surface area contributed by atoms with Crippen molar-refractivity contribution in [2.24, 2.45) is 5.92 Å². The molecule has 126 valence electrons. The lowest BCUT2D eigenvalue weighted by molar-refractivity contribution is -0.134. The fourth-order valence-electron chi connectivity index (χ4n) is 2.73. The number of carbonyl (C=O) groups excluding carboxylic acids is 2. The van der Waals surface area contributed by atoms with Crippen LogP contribution in [0.2, 0.25) is 0 Å². The maximum atomic E-state index is 12.2. The fraction of sp³-hybridized carbons (Fsp3) is 0.529. The minimum atomic E-state index is -0.00751. The van der Waals surface area contributed by atoms with Gasteiger partial charge in [-0.2, -0.15) is 0 Å². The average Bonchev–Trinajstić information content (AvgIpc) is 2.60. The van der Waals surface area contributed by atoms with Crippen LogP contribution in [0.4, 0.5) is 0 Å². The zero-order chi connectivity index (χ0) is 16.7. The van der Waals surface area contributed by atoms with Crippen molar-refractivity contribution in [2.75, 3.05) is 33.8 Å². The molecule has 0 aromatic heterocycles. The molecule has 0 atom stereocenters. The second-order valence-corrected chi connectivity index (χ2v) is 5.75. The normalized spacial score (nSPS) is 15.3. The smallest absolute Gasteiger partial charge is 0.236 e. The topological polar surface area (TPSA) is 70.7 Å². The summed E-state index contributed by atoms with van der Waals surface area (Å²) in [5, 5.41) is 5.85. The minimum absolute atomic E-state index is 0.00751. The van der Waals surface area contributed by atoms with Gasteiger partial charge in [-0.15, -0.1) is 0 Å². The Hall–Kier alpha value is -2.08. The Morgan fingerprint density at radius 2 is 1.87 bits per heavy atom. The molecule has 1 aromatic carbocycles. The number of hydrogen-bond donors (Lipinski definition) is 2. The van der Waals surface area contributed by atoms with E-state index in [2.05, 4.69) is 10.6 Å². The van der Waals surface area contributed by atoms with Crippen molar-refractivity contribution in [3.05, 3.63) is 29.8 Å². The molecule has 6 nitrogen and oxygen atoms in total. The maximum absolute atomic E-state index is 12.2. The van der Waals surface area contributed by atoms with E-state index in [1.165, 1.54) is 0 Å². The van der Waals surface area contributed by atoms with Gasteiger partial charge in [-0.1, -0.05) is 12.1 Å². The molecule has 1 aliphatic rings. The molecular weight excluding hydrogens is 294 g/mol. The summed E-state index contributed by atoms with van der Waals surface area (Å²) in [6, 6.07) is 7.65. The molecule has 1 heterocycles. The zero-order valence-corrected chi connectivity index (χ0v) is 13.8. The second kappa shape index (κ2) is 8.53. The van der Waals surface area contributed by atoms with Crippen LogP contribution in [0.3, 0.4) is 0 Å². The maximum Gasteiger partial charge on any atom is 0.236 e. The number of amides is 2. The van der Waals surface area contributed by atoms with Gasteiger partial charge < -0.3 is 20.3 Å². The first-order valence-corrected chi connectivity index (χ1v) is 7.97. The van der Waals surface area contributed by atoms with Gasteiger partial charge in [-0.3, -0.25) is 9.59 Å². The molecule has 1 fully saturated rings. The Morgan fingerprint density at radius 3 is 2.43 bits per heavy atom. The summed E-state index contributed by atoms with van der Waals surface area (Å²) in [5.74, 6) is 0.969. The van der Waals surface area contributed by atoms with E-state index in [-0.39, 0.29) is 17.7 Å². The lowest BCUT2D eigenvalue weighted by atomic mass is 9.95. The highest BCUT2D eigenvalue weighted by Crippen LogP contribution is 2.18. The number of likely N-dealkylation sites (N-methyl/N-ethyl adjacent to an activating group) is 1. The number of nitrogens with zero attached hydrogens (tertiary/aromatic N) is 1. The van der Waals surface area contributed by atoms with Crippen LogP contribution in [0.25, 0.3) is 0 Å². The van der Waals surface area contributed by atoms with Crippen molar-refractivity contribution in [3.8, 4) is 5.75 Å². The molecule has 0 aliphatic carbocycles. The quantitative estimate of drug-likeness (QED) is 0.812. The van der Waals surface area contributed by atoms with Crippen molar-refractivity contribution < 1.29 is 14.3 Å². The molecule has 0 spiro atoms. The molecule has 2 rings (SSSR count). The first kappa shape index (κ1) is 17.3. The Labute approximate surface area is 137 Å². The van der Waals surface area contributed by atoms with E-state index in [4.69, 9.17) is 4.74 Å². The number of methoxy groups -OCH3 is 1. The molecule has 0 saturated carbocycles. The molecule has 23 heavy (non-hydrogen) atoms. The van der Waals surface area contributed by atoms with Crippen LogP contribution in [0, 0.1) is 5.92 Å². The fourth-order valence-corrected chi connectivity index (χ4v) is 2.73. The molecule has 1 aromatic rings. The van der Waals surface area contributed by atoms with Gasteiger partial charge in [0.25, 0.3) is 0 Å². The van der Waals surface area contributed by atoms with Gasteiger partial charge in [0.2, 0.25) is 11.8 Å². The van der Waals surface area contributed by atoms with Gasteiger partial charge in [-0.05, 0) is 37.6 Å². The number of carbonyl (C=O) groups is 2. The molecule has 1 aliphatic heterocycles. The van der Waals surface area contributed by atoms with E-state index in [0.717, 1.165) is 24.2 Å². The standard InChI is InChI=1S/C17H25N3O3/c1-18-12-16(21)20-9-7-14(8-10-20)17(22)19-11-13-3-5-15(23-2)6-4-13/h3-6,14,18H,7-12H2,1-2H3,(H,19,22). The number of piperidine rings is 1. The molecule has 1 saturated heterocycles. The molecule has 0 radical (unpaired) electrons. The molecule has 0 bridgehead atoms. The number of rotatable bonds is 6. The van der Waals surface area contributed by atoms with Crippen molar-refractivity contribution >= 4 is 11.8 Å². The van der Waals surface area contributed by atoms with Gasteiger partial charge >= 0.3 is 0 Å². The first-order valence-electron chi connectivity index (χ1n) is 7.97. The summed E-state index contributed by atoms with van der Waals surface area (Å²) in [4.78, 5) is 25.9. The number of ether oxygens (including phenoxy) is 1. The molecular formula is C17H25N3O3. The monoisotopic (exact) mass is 319 g/mol. The number of benzene rings is 1. The van der Waals surface area contributed by atoms with E-state index in [1.807, 2.05) is 29.2 Å². The van der Waals surface area contributed by atoms with E-state index < -0.39 is 0 Å². The van der Waals surface area contributed by atoms with Crippen molar-refractivity contribution in [2.45, 2.75) is 19.4 Å². The van der Waals surface area contributed by atoms with Crippen LogP contribution in [0.5, 0.6) is 5.75 Å². The Morgan fingerprint density at radius 1 is 1.22 bits per heavy atom. The van der Waals surface area contributed by atoms with Crippen molar-refractivity contribution in [3.63, 3.8) is 0 Å². The van der Waals surface area contributed by atoms with Crippen molar-refractivity contribution in [1.82, 2.24) is 15.5 Å². The van der Waals surface area contributed by atoms with Crippen LogP contribution in [-0.2, 0) is 16.1 Å². The van der Waals surface area contributed by atoms with Gasteiger partial charge in [0.1, 0.15) is 5.75 Å². The summed E-state index contributed by atoms with van der Waals surface area (Å²) >= 11 is 0. The minimum Gasteiger partial charge on any atom is -0.497 e. The summed E-state index contributed by atoms with van der Waals surface area (Å²) in [6.07, 6.45) is 1.45. The third-order valence-corrected chi connectivity index (χ3v) is 4.17. The number of likely N-dealkylation sites (tertiary alicyclic amines) is 1. The number of hydrogen-bond acceptors (Lipinski definition) is 4. The van der Waals surface area contributed by atoms with Crippen LogP contribution < -0.4 is 15.4 Å². The van der Waals surface area contributed by atoms with Gasteiger partial charge in [-0.25, -0.2) is 0 Å². The van der Waals surface area contributed by atoms with E-state index in [1.54, 1.807) is 14.2 Å². The number of nitrogens with one attached hydrogen (secondary N) is 2. The Bertz CT molecular complexity index is 522. The lowest BCUT2D eigenvalue weighted by Gasteiger charge is -2.31. The van der Waals surface area contributed by atoms with Gasteiger partial charge in [0.05, 0.1) is 13.7 Å². The highest BCUT2D eigenvalue weighted by molar-refractivity contribution is 5.80.